The highest BCUT2D eigenvalue weighted by Gasteiger charge is 2.39. The van der Waals surface area contributed by atoms with E-state index in [-0.39, 0.29) is 22.6 Å². The van der Waals surface area contributed by atoms with Gasteiger partial charge in [-0.1, -0.05) is 13.8 Å². The van der Waals surface area contributed by atoms with E-state index in [1.807, 2.05) is 36.4 Å². The summed E-state index contributed by atoms with van der Waals surface area (Å²) < 4.78 is 15.4. The van der Waals surface area contributed by atoms with Gasteiger partial charge in [0.05, 0.1) is 16.1 Å². The number of hydrogen-bond donors (Lipinski definition) is 3. The fraction of sp³-hybridized carbons (Fsp3) is 0.435. The highest BCUT2D eigenvalue weighted by Crippen LogP contribution is 2.42. The van der Waals surface area contributed by atoms with Gasteiger partial charge in [-0.3, -0.25) is 9.59 Å². The first kappa shape index (κ1) is 23.9. The van der Waals surface area contributed by atoms with Crippen LogP contribution >= 0.6 is 33.9 Å². The smallest absolute Gasteiger partial charge is 0.326 e. The van der Waals surface area contributed by atoms with Crippen molar-refractivity contribution in [3.05, 3.63) is 43.6 Å². The number of thiophene rings is 1. The van der Waals surface area contributed by atoms with Gasteiger partial charge in [0, 0.05) is 16.7 Å². The Morgan fingerprint density at radius 1 is 1.33 bits per heavy atom. The van der Waals surface area contributed by atoms with Crippen LogP contribution in [0.25, 0.3) is 0 Å². The number of carbonyl (C=O) groups excluding carboxylic acids is 2. The Morgan fingerprint density at radius 3 is 2.79 bits per heavy atom. The van der Waals surface area contributed by atoms with E-state index in [9.17, 15) is 23.9 Å². The highest BCUT2D eigenvalue weighted by molar-refractivity contribution is 14.1. The molecule has 0 bridgehead atoms. The molecule has 4 rings (SSSR count). The van der Waals surface area contributed by atoms with Gasteiger partial charge in [0.25, 0.3) is 11.8 Å². The minimum Gasteiger partial charge on any atom is -0.480 e. The van der Waals surface area contributed by atoms with Gasteiger partial charge in [-0.15, -0.1) is 11.3 Å². The largest absolute Gasteiger partial charge is 0.480 e. The Morgan fingerprint density at radius 2 is 2.09 bits per heavy atom. The van der Waals surface area contributed by atoms with Crippen molar-refractivity contribution < 1.29 is 23.9 Å². The number of carbonyl (C=O) groups is 3. The van der Waals surface area contributed by atoms with Crippen molar-refractivity contribution >= 4 is 62.4 Å². The number of carboxylic acids is 1. The second-order valence-corrected chi connectivity index (χ2v) is 11.5. The van der Waals surface area contributed by atoms with E-state index in [0.29, 0.717) is 47.8 Å². The molecule has 3 N–H and O–H groups in total. The molecule has 1 saturated heterocycles. The monoisotopic (exact) mass is 585 g/mol. The first-order valence-corrected chi connectivity index (χ1v) is 12.7. The van der Waals surface area contributed by atoms with E-state index in [4.69, 9.17) is 0 Å². The van der Waals surface area contributed by atoms with E-state index in [1.165, 1.54) is 11.0 Å². The van der Waals surface area contributed by atoms with Crippen LogP contribution in [-0.2, 0) is 11.2 Å². The summed E-state index contributed by atoms with van der Waals surface area (Å²) in [6.45, 7) is 4.78. The number of hydrogen-bond acceptors (Lipinski definition) is 5. The number of aliphatic carboxylic acids is 1. The molecule has 176 valence electrons. The lowest BCUT2D eigenvalue weighted by molar-refractivity contribution is -0.143. The van der Waals surface area contributed by atoms with Crippen LogP contribution in [0.3, 0.4) is 0 Å². The number of likely N-dealkylation sites (tertiary alicyclic amines) is 1. The number of carboxylic acid groups (broad SMARTS) is 1. The third kappa shape index (κ3) is 4.86. The molecular weight excluding hydrogens is 560 g/mol. The number of nitrogens with zero attached hydrogens (tertiary/aromatic N) is 1. The normalized spacial score (nSPS) is 19.9. The maximum Gasteiger partial charge on any atom is 0.326 e. The van der Waals surface area contributed by atoms with Crippen molar-refractivity contribution in [3.63, 3.8) is 0 Å². The molecule has 7 nitrogen and oxygen atoms in total. The zero-order valence-electron chi connectivity index (χ0n) is 18.3. The number of nitrogens with one attached hydrogen (secondary N) is 2. The fourth-order valence-corrected chi connectivity index (χ4v) is 5.95. The second kappa shape index (κ2) is 9.21. The number of benzene rings is 1. The number of rotatable bonds is 4. The molecule has 1 aromatic heterocycles. The number of anilines is 2. The lowest BCUT2D eigenvalue weighted by atomic mass is 9.85. The number of amides is 2. The van der Waals surface area contributed by atoms with Crippen LogP contribution in [0.2, 0.25) is 0 Å². The SMILES string of the molecule is CC1(C)CNC(=O)c2sc(Nc3ccc(I)cc3F)c(C(=O)N3CCCCC3C(=O)O)c2C1. The molecule has 1 aromatic carbocycles. The zero-order chi connectivity index (χ0) is 23.9. The maximum atomic E-state index is 14.6. The van der Waals surface area contributed by atoms with E-state index < -0.39 is 23.7 Å². The molecular formula is C23H25FIN3O4S. The van der Waals surface area contributed by atoms with E-state index >= 15 is 0 Å². The quantitative estimate of drug-likeness (QED) is 0.455. The molecule has 1 unspecified atom stereocenters. The van der Waals surface area contributed by atoms with Gasteiger partial charge in [0.2, 0.25) is 0 Å². The first-order chi connectivity index (χ1) is 15.6. The number of piperidine rings is 1. The summed E-state index contributed by atoms with van der Waals surface area (Å²) in [5.41, 5.74) is 0.740. The summed E-state index contributed by atoms with van der Waals surface area (Å²) in [6, 6.07) is 3.79. The Kier molecular flexibility index (Phi) is 6.68. The van der Waals surface area contributed by atoms with Crippen LogP contribution in [0.5, 0.6) is 0 Å². The highest BCUT2D eigenvalue weighted by atomic mass is 127. The molecule has 33 heavy (non-hydrogen) atoms. The molecule has 3 heterocycles. The fourth-order valence-electron chi connectivity index (χ4n) is 4.36. The summed E-state index contributed by atoms with van der Waals surface area (Å²) in [6.07, 6.45) is 2.29. The Labute approximate surface area is 208 Å². The summed E-state index contributed by atoms with van der Waals surface area (Å²) in [7, 11) is 0. The number of fused-ring (bicyclic) bond motifs is 1. The molecule has 0 spiro atoms. The minimum absolute atomic E-state index is 0.189. The van der Waals surface area contributed by atoms with Crippen LogP contribution < -0.4 is 10.6 Å². The van der Waals surface area contributed by atoms with Crippen molar-refractivity contribution in [1.82, 2.24) is 10.2 Å². The van der Waals surface area contributed by atoms with Crippen molar-refractivity contribution in [2.75, 3.05) is 18.4 Å². The predicted molar refractivity (Wildman–Crippen MR) is 133 cm³/mol. The van der Waals surface area contributed by atoms with Gasteiger partial charge in [-0.25, -0.2) is 9.18 Å². The van der Waals surface area contributed by atoms with Crippen LogP contribution in [0.15, 0.2) is 18.2 Å². The molecule has 0 saturated carbocycles. The summed E-state index contributed by atoms with van der Waals surface area (Å²) in [5.74, 6) is -2.23. The maximum absolute atomic E-state index is 14.6. The summed E-state index contributed by atoms with van der Waals surface area (Å²) >= 11 is 3.12. The van der Waals surface area contributed by atoms with Gasteiger partial charge in [0.1, 0.15) is 16.9 Å². The molecule has 2 aromatic rings. The third-order valence-electron chi connectivity index (χ3n) is 6.04. The topological polar surface area (TPSA) is 98.7 Å². The van der Waals surface area contributed by atoms with Crippen molar-refractivity contribution in [1.29, 1.82) is 0 Å². The van der Waals surface area contributed by atoms with Crippen LogP contribution in [0.1, 0.15) is 58.7 Å². The molecule has 1 fully saturated rings. The second-order valence-electron chi connectivity index (χ2n) is 9.24. The Balaban J connectivity index is 1.84. The van der Waals surface area contributed by atoms with Gasteiger partial charge >= 0.3 is 5.97 Å². The van der Waals surface area contributed by atoms with E-state index in [1.54, 1.807) is 12.1 Å². The first-order valence-electron chi connectivity index (χ1n) is 10.8. The molecule has 1 atom stereocenters. The van der Waals surface area contributed by atoms with Crippen molar-refractivity contribution in [3.8, 4) is 0 Å². The van der Waals surface area contributed by atoms with Gasteiger partial charge in [-0.05, 0) is 77.5 Å². The Bertz CT molecular complexity index is 1130. The van der Waals surface area contributed by atoms with Crippen LogP contribution in [-0.4, -0.2) is 46.9 Å². The van der Waals surface area contributed by atoms with E-state index in [0.717, 1.165) is 21.3 Å². The Hall–Kier alpha value is -2.21. The zero-order valence-corrected chi connectivity index (χ0v) is 21.3. The minimum atomic E-state index is -1.04. The van der Waals surface area contributed by atoms with Crippen molar-refractivity contribution in [2.45, 2.75) is 45.6 Å². The molecule has 10 heteroatoms. The number of halogens is 2. The summed E-state index contributed by atoms with van der Waals surface area (Å²) in [4.78, 5) is 40.4. The molecule has 0 aliphatic carbocycles. The average Bonchev–Trinajstić information content (AvgIpc) is 3.05. The van der Waals surface area contributed by atoms with Gasteiger partial charge in [-0.2, -0.15) is 0 Å². The predicted octanol–water partition coefficient (Wildman–Crippen LogP) is 4.63. The van der Waals surface area contributed by atoms with E-state index in [2.05, 4.69) is 10.6 Å². The van der Waals surface area contributed by atoms with Gasteiger partial charge < -0.3 is 20.6 Å². The molecule has 2 aliphatic rings. The van der Waals surface area contributed by atoms with Crippen molar-refractivity contribution in [2.24, 2.45) is 5.41 Å². The lowest BCUT2D eigenvalue weighted by Crippen LogP contribution is -2.48. The molecule has 0 radical (unpaired) electrons. The van der Waals surface area contributed by atoms with Gasteiger partial charge in [0.15, 0.2) is 0 Å². The van der Waals surface area contributed by atoms with Crippen LogP contribution in [0.4, 0.5) is 15.1 Å². The lowest BCUT2D eigenvalue weighted by Gasteiger charge is -2.33. The average molecular weight is 585 g/mol. The third-order valence-corrected chi connectivity index (χ3v) is 7.86. The molecule has 2 aliphatic heterocycles. The summed E-state index contributed by atoms with van der Waals surface area (Å²) in [5, 5.41) is 16.0. The standard InChI is InChI=1S/C23H25FIN3O4S/c1-23(2)10-13-17(21(30)28-8-4-3-5-16(28)22(31)32)20(33-18(13)19(29)26-11-23)27-15-7-6-12(25)9-14(15)24/h6-7,9,16,27H,3-5,8,10-11H2,1-2H3,(H,26,29)(H,31,32). The van der Waals surface area contributed by atoms with Crippen LogP contribution in [0, 0.1) is 14.8 Å². The molecule has 2 amide bonds.